The van der Waals surface area contributed by atoms with E-state index in [0.29, 0.717) is 0 Å². The van der Waals surface area contributed by atoms with Crippen LogP contribution >= 0.6 is 0 Å². The zero-order valence-electron chi connectivity index (χ0n) is 9.03. The van der Waals surface area contributed by atoms with Crippen LogP contribution in [0.25, 0.3) is 0 Å². The first kappa shape index (κ1) is 10.8. The molecule has 0 aliphatic rings. The molecule has 1 aromatic rings. The fraction of sp³-hybridized carbons (Fsp3) is 0.417. The Kier molecular flexibility index (Phi) is 3.69. The van der Waals surface area contributed by atoms with E-state index in [9.17, 15) is 4.79 Å². The Morgan fingerprint density at radius 3 is 2.36 bits per heavy atom. The summed E-state index contributed by atoms with van der Waals surface area (Å²) in [4.78, 5) is 12.7. The minimum atomic E-state index is 0.259. The molecule has 1 aromatic carbocycles. The van der Waals surface area contributed by atoms with E-state index in [4.69, 9.17) is 0 Å². The molecule has 0 aliphatic carbocycles. The van der Waals surface area contributed by atoms with Gasteiger partial charge in [0.15, 0.2) is 0 Å². The van der Waals surface area contributed by atoms with Gasteiger partial charge in [-0.05, 0) is 32.4 Å². The summed E-state index contributed by atoms with van der Waals surface area (Å²) in [6.07, 6.45) is 1.87. The predicted octanol–water partition coefficient (Wildman–Crippen LogP) is 2.76. The Morgan fingerprint density at radius 1 is 1.36 bits per heavy atom. The Bertz CT molecular complexity index is 292. The van der Waals surface area contributed by atoms with Gasteiger partial charge in [-0.1, -0.05) is 24.6 Å². The summed E-state index contributed by atoms with van der Waals surface area (Å²) < 4.78 is 0. The molecule has 2 nitrogen and oxygen atoms in total. The Morgan fingerprint density at radius 2 is 1.93 bits per heavy atom. The van der Waals surface area contributed by atoms with E-state index in [1.165, 1.54) is 5.56 Å². The summed E-state index contributed by atoms with van der Waals surface area (Å²) in [6.45, 7) is 6.17. The van der Waals surface area contributed by atoms with E-state index in [1.807, 2.05) is 38.1 Å². The number of hydrogen-bond acceptors (Lipinski definition) is 1. The molecule has 76 valence electrons. The zero-order chi connectivity index (χ0) is 10.6. The number of amides is 1. The minimum absolute atomic E-state index is 0.259. The molecule has 0 fully saturated rings. The van der Waals surface area contributed by atoms with E-state index in [2.05, 4.69) is 6.92 Å². The van der Waals surface area contributed by atoms with Crippen molar-refractivity contribution in [3.8, 4) is 0 Å². The monoisotopic (exact) mass is 191 g/mol. The van der Waals surface area contributed by atoms with Crippen molar-refractivity contribution in [2.24, 2.45) is 0 Å². The van der Waals surface area contributed by atoms with Crippen molar-refractivity contribution in [3.05, 3.63) is 29.8 Å². The lowest BCUT2D eigenvalue weighted by atomic mass is 10.1. The number of rotatable bonds is 4. The molecule has 1 atom stereocenters. The summed E-state index contributed by atoms with van der Waals surface area (Å²) in [7, 11) is 0. The molecule has 0 saturated heterocycles. The van der Waals surface area contributed by atoms with Crippen molar-refractivity contribution in [1.82, 2.24) is 0 Å². The van der Waals surface area contributed by atoms with E-state index in [1.54, 1.807) is 4.90 Å². The summed E-state index contributed by atoms with van der Waals surface area (Å²) >= 11 is 0. The second-order valence-electron chi connectivity index (χ2n) is 3.61. The van der Waals surface area contributed by atoms with Gasteiger partial charge in [0.25, 0.3) is 0 Å². The second kappa shape index (κ2) is 4.80. The maximum Gasteiger partial charge on any atom is 0.214 e. The van der Waals surface area contributed by atoms with Crippen LogP contribution in [0, 0.1) is 6.92 Å². The van der Waals surface area contributed by atoms with Gasteiger partial charge in [0, 0.05) is 11.7 Å². The first-order chi connectivity index (χ1) is 6.69. The van der Waals surface area contributed by atoms with Crippen molar-refractivity contribution >= 4 is 12.1 Å². The molecule has 0 spiro atoms. The standard InChI is InChI=1S/C12H17NO/c1-4-11(3)13(9-14)12-7-5-10(2)6-8-12/h5-9,11H,4H2,1-3H3. The second-order valence-corrected chi connectivity index (χ2v) is 3.61. The van der Waals surface area contributed by atoms with Crippen LogP contribution in [0.4, 0.5) is 5.69 Å². The average Bonchev–Trinajstić information content (AvgIpc) is 2.21. The van der Waals surface area contributed by atoms with Gasteiger partial charge in [-0.3, -0.25) is 4.79 Å². The van der Waals surface area contributed by atoms with Crippen molar-refractivity contribution in [2.45, 2.75) is 33.2 Å². The summed E-state index contributed by atoms with van der Waals surface area (Å²) in [5.41, 5.74) is 2.18. The number of anilines is 1. The van der Waals surface area contributed by atoms with Crippen molar-refractivity contribution in [2.75, 3.05) is 4.90 Å². The molecule has 0 aliphatic heterocycles. The number of hydrogen-bond donors (Lipinski definition) is 0. The van der Waals surface area contributed by atoms with Crippen LogP contribution in [0.1, 0.15) is 25.8 Å². The van der Waals surface area contributed by atoms with Gasteiger partial charge in [-0.25, -0.2) is 0 Å². The summed E-state index contributed by atoms with van der Waals surface area (Å²) in [5.74, 6) is 0. The topological polar surface area (TPSA) is 20.3 Å². The highest BCUT2D eigenvalue weighted by atomic mass is 16.1. The maximum absolute atomic E-state index is 10.9. The molecule has 0 heterocycles. The minimum Gasteiger partial charge on any atom is -0.312 e. The van der Waals surface area contributed by atoms with E-state index < -0.39 is 0 Å². The fourth-order valence-electron chi connectivity index (χ4n) is 1.33. The highest BCUT2D eigenvalue weighted by Crippen LogP contribution is 2.17. The molecule has 2 heteroatoms. The zero-order valence-corrected chi connectivity index (χ0v) is 9.03. The lowest BCUT2D eigenvalue weighted by Gasteiger charge is -2.24. The molecule has 1 unspecified atom stereocenters. The number of carbonyl (C=O) groups excluding carboxylic acids is 1. The van der Waals surface area contributed by atoms with Gasteiger partial charge in [0.05, 0.1) is 0 Å². The van der Waals surface area contributed by atoms with Crippen LogP contribution in [0.15, 0.2) is 24.3 Å². The third-order valence-electron chi connectivity index (χ3n) is 2.51. The molecule has 1 amide bonds. The van der Waals surface area contributed by atoms with Gasteiger partial charge in [0.1, 0.15) is 0 Å². The molecular weight excluding hydrogens is 174 g/mol. The maximum atomic E-state index is 10.9. The number of carbonyl (C=O) groups is 1. The molecule has 1 rings (SSSR count). The molecule has 0 N–H and O–H groups in total. The summed E-state index contributed by atoms with van der Waals surface area (Å²) in [5, 5.41) is 0. The van der Waals surface area contributed by atoms with Crippen LogP contribution in [0.5, 0.6) is 0 Å². The van der Waals surface area contributed by atoms with Gasteiger partial charge < -0.3 is 4.90 Å². The molecule has 0 aromatic heterocycles. The van der Waals surface area contributed by atoms with Crippen molar-refractivity contribution in [1.29, 1.82) is 0 Å². The number of aryl methyl sites for hydroxylation is 1. The third-order valence-corrected chi connectivity index (χ3v) is 2.51. The van der Waals surface area contributed by atoms with Crippen LogP contribution in [-0.4, -0.2) is 12.5 Å². The number of benzene rings is 1. The van der Waals surface area contributed by atoms with E-state index in [-0.39, 0.29) is 6.04 Å². The van der Waals surface area contributed by atoms with Gasteiger partial charge in [-0.2, -0.15) is 0 Å². The lowest BCUT2D eigenvalue weighted by Crippen LogP contribution is -2.30. The molecule has 0 radical (unpaired) electrons. The Hall–Kier alpha value is -1.31. The Labute approximate surface area is 85.5 Å². The average molecular weight is 191 g/mol. The first-order valence-electron chi connectivity index (χ1n) is 4.99. The third kappa shape index (κ3) is 2.34. The number of nitrogens with zero attached hydrogens (tertiary/aromatic N) is 1. The predicted molar refractivity (Wildman–Crippen MR) is 59.5 cm³/mol. The largest absolute Gasteiger partial charge is 0.312 e. The smallest absolute Gasteiger partial charge is 0.214 e. The van der Waals surface area contributed by atoms with Crippen LogP contribution in [0.3, 0.4) is 0 Å². The highest BCUT2D eigenvalue weighted by Gasteiger charge is 2.10. The quantitative estimate of drug-likeness (QED) is 0.670. The highest BCUT2D eigenvalue weighted by molar-refractivity contribution is 5.75. The van der Waals surface area contributed by atoms with Crippen molar-refractivity contribution < 1.29 is 4.79 Å². The molecular formula is C12H17NO. The normalized spacial score (nSPS) is 12.2. The van der Waals surface area contributed by atoms with E-state index >= 15 is 0 Å². The Balaban J connectivity index is 2.89. The van der Waals surface area contributed by atoms with Crippen molar-refractivity contribution in [3.63, 3.8) is 0 Å². The van der Waals surface area contributed by atoms with Gasteiger partial charge in [0.2, 0.25) is 6.41 Å². The lowest BCUT2D eigenvalue weighted by molar-refractivity contribution is -0.107. The molecule has 0 saturated carbocycles. The molecule has 0 bridgehead atoms. The summed E-state index contributed by atoms with van der Waals surface area (Å²) in [6, 6.07) is 8.27. The first-order valence-corrected chi connectivity index (χ1v) is 4.99. The van der Waals surface area contributed by atoms with Gasteiger partial charge in [-0.15, -0.1) is 0 Å². The van der Waals surface area contributed by atoms with E-state index in [0.717, 1.165) is 18.5 Å². The van der Waals surface area contributed by atoms with Crippen LogP contribution in [0.2, 0.25) is 0 Å². The van der Waals surface area contributed by atoms with Crippen LogP contribution in [-0.2, 0) is 4.79 Å². The van der Waals surface area contributed by atoms with Gasteiger partial charge >= 0.3 is 0 Å². The SMILES string of the molecule is CCC(C)N(C=O)c1ccc(C)cc1. The van der Waals surface area contributed by atoms with Crippen LogP contribution < -0.4 is 4.90 Å². The molecule has 14 heavy (non-hydrogen) atoms. The fourth-order valence-corrected chi connectivity index (χ4v) is 1.33.